The zero-order valence-electron chi connectivity index (χ0n) is 12.0. The molecule has 102 valence electrons. The third-order valence-corrected chi connectivity index (χ3v) is 3.47. The second-order valence-corrected chi connectivity index (χ2v) is 5.31. The summed E-state index contributed by atoms with van der Waals surface area (Å²) in [5.41, 5.74) is 11.0. The lowest BCUT2D eigenvalue weighted by molar-refractivity contribution is 0.850. The Morgan fingerprint density at radius 1 is 1.05 bits per heavy atom. The van der Waals surface area contributed by atoms with Gasteiger partial charge in [-0.05, 0) is 36.6 Å². The fourth-order valence-corrected chi connectivity index (χ4v) is 2.49. The van der Waals surface area contributed by atoms with E-state index in [1.807, 2.05) is 35.8 Å². The number of rotatable bonds is 2. The highest BCUT2D eigenvalue weighted by Gasteiger charge is 2.15. The Hall–Kier alpha value is -2.36. The van der Waals surface area contributed by atoms with Crippen molar-refractivity contribution < 1.29 is 0 Å². The van der Waals surface area contributed by atoms with Gasteiger partial charge < -0.3 is 5.73 Å². The molecule has 2 N–H and O–H groups in total. The number of para-hydroxylation sites is 1. The van der Waals surface area contributed by atoms with Crippen LogP contribution in [0, 0.1) is 6.92 Å². The third kappa shape index (κ3) is 1.93. The molecule has 1 aromatic carbocycles. The van der Waals surface area contributed by atoms with Crippen LogP contribution in [0.1, 0.15) is 31.0 Å². The van der Waals surface area contributed by atoms with Gasteiger partial charge in [0.05, 0.1) is 5.69 Å². The molecular weight excluding hydrogens is 248 g/mol. The number of imidazole rings is 1. The van der Waals surface area contributed by atoms with Crippen molar-refractivity contribution in [3.63, 3.8) is 0 Å². The van der Waals surface area contributed by atoms with Gasteiger partial charge in [-0.15, -0.1) is 0 Å². The molecular formula is C16H18N4. The molecule has 4 heteroatoms. The number of nitrogens with two attached hydrogens (primary N) is 1. The second-order valence-electron chi connectivity index (χ2n) is 5.31. The lowest BCUT2D eigenvalue weighted by atomic mass is 10.0. The normalized spacial score (nSPS) is 11.4. The molecule has 0 saturated heterocycles. The molecule has 0 amide bonds. The first-order chi connectivity index (χ1) is 9.58. The van der Waals surface area contributed by atoms with Crippen LogP contribution in [0.4, 0.5) is 5.95 Å². The molecule has 0 spiro atoms. The molecule has 0 unspecified atom stereocenters. The van der Waals surface area contributed by atoms with Gasteiger partial charge in [0.2, 0.25) is 5.95 Å². The quantitative estimate of drug-likeness (QED) is 0.773. The van der Waals surface area contributed by atoms with Crippen molar-refractivity contribution in [2.45, 2.75) is 26.7 Å². The smallest absolute Gasteiger partial charge is 0.207 e. The molecule has 0 aliphatic heterocycles. The van der Waals surface area contributed by atoms with Gasteiger partial charge in [0.15, 0.2) is 5.65 Å². The largest absolute Gasteiger partial charge is 0.369 e. The molecule has 0 fully saturated rings. The van der Waals surface area contributed by atoms with Crippen LogP contribution < -0.4 is 5.73 Å². The number of nitrogen functional groups attached to an aromatic ring is 1. The summed E-state index contributed by atoms with van der Waals surface area (Å²) >= 11 is 0. The number of fused-ring (bicyclic) bond motifs is 1. The summed E-state index contributed by atoms with van der Waals surface area (Å²) in [7, 11) is 0. The molecule has 3 rings (SSSR count). The molecule has 0 aliphatic carbocycles. The first-order valence-corrected chi connectivity index (χ1v) is 6.79. The Balaban J connectivity index is 2.35. The van der Waals surface area contributed by atoms with Crippen LogP contribution in [-0.4, -0.2) is 14.5 Å². The van der Waals surface area contributed by atoms with E-state index in [9.17, 15) is 0 Å². The monoisotopic (exact) mass is 266 g/mol. The van der Waals surface area contributed by atoms with E-state index >= 15 is 0 Å². The summed E-state index contributed by atoms with van der Waals surface area (Å²) in [5.74, 6) is 0.888. The fourth-order valence-electron chi connectivity index (χ4n) is 2.49. The van der Waals surface area contributed by atoms with Crippen molar-refractivity contribution >= 4 is 17.1 Å². The minimum atomic E-state index is 0.410. The molecule has 0 radical (unpaired) electrons. The summed E-state index contributed by atoms with van der Waals surface area (Å²) in [6.07, 6.45) is 0. The predicted octanol–water partition coefficient (Wildman–Crippen LogP) is 3.43. The molecule has 20 heavy (non-hydrogen) atoms. The molecule has 3 aromatic rings. The maximum atomic E-state index is 6.12. The zero-order valence-corrected chi connectivity index (χ0v) is 12.0. The standard InChI is InChI=1S/C16H18N4/c1-10(2)12-6-4-5-7-14(12)20-15-13(19-16(20)17)9-8-11(3)18-15/h4-10H,1-3H3,(H2,17,19). The third-order valence-electron chi connectivity index (χ3n) is 3.47. The minimum Gasteiger partial charge on any atom is -0.369 e. The fraction of sp³-hybridized carbons (Fsp3) is 0.250. The van der Waals surface area contributed by atoms with E-state index in [4.69, 9.17) is 5.73 Å². The lowest BCUT2D eigenvalue weighted by Gasteiger charge is -2.14. The van der Waals surface area contributed by atoms with Gasteiger partial charge in [0.25, 0.3) is 0 Å². The average molecular weight is 266 g/mol. The summed E-state index contributed by atoms with van der Waals surface area (Å²) < 4.78 is 1.94. The Kier molecular flexibility index (Phi) is 2.93. The van der Waals surface area contributed by atoms with Crippen LogP contribution in [0.2, 0.25) is 0 Å². The molecule has 0 bridgehead atoms. The van der Waals surface area contributed by atoms with Crippen LogP contribution in [0.25, 0.3) is 16.9 Å². The SMILES string of the molecule is Cc1ccc2nc(N)n(-c3ccccc3C(C)C)c2n1. The van der Waals surface area contributed by atoms with E-state index in [1.165, 1.54) is 5.56 Å². The predicted molar refractivity (Wildman–Crippen MR) is 82.1 cm³/mol. The first-order valence-electron chi connectivity index (χ1n) is 6.79. The maximum absolute atomic E-state index is 6.12. The van der Waals surface area contributed by atoms with Crippen molar-refractivity contribution in [1.29, 1.82) is 0 Å². The molecule has 4 nitrogen and oxygen atoms in total. The zero-order chi connectivity index (χ0) is 14.3. The summed E-state index contributed by atoms with van der Waals surface area (Å²) in [4.78, 5) is 9.00. The molecule has 0 atom stereocenters. The number of nitrogens with zero attached hydrogens (tertiary/aromatic N) is 3. The Bertz CT molecular complexity index is 771. The van der Waals surface area contributed by atoms with Crippen LogP contribution in [0.15, 0.2) is 36.4 Å². The van der Waals surface area contributed by atoms with E-state index in [-0.39, 0.29) is 0 Å². The molecule has 2 aromatic heterocycles. The van der Waals surface area contributed by atoms with Gasteiger partial charge in [-0.2, -0.15) is 0 Å². The van der Waals surface area contributed by atoms with E-state index in [0.717, 1.165) is 22.5 Å². The van der Waals surface area contributed by atoms with Gasteiger partial charge in [0.1, 0.15) is 5.52 Å². The molecule has 2 heterocycles. The topological polar surface area (TPSA) is 56.7 Å². The maximum Gasteiger partial charge on any atom is 0.207 e. The van der Waals surface area contributed by atoms with Gasteiger partial charge in [-0.1, -0.05) is 32.0 Å². The summed E-state index contributed by atoms with van der Waals surface area (Å²) in [5, 5.41) is 0. The van der Waals surface area contributed by atoms with Gasteiger partial charge in [0, 0.05) is 5.69 Å². The Morgan fingerprint density at radius 2 is 1.80 bits per heavy atom. The van der Waals surface area contributed by atoms with Crippen LogP contribution in [0.5, 0.6) is 0 Å². The molecule has 0 saturated carbocycles. The summed E-state index contributed by atoms with van der Waals surface area (Å²) in [6.45, 7) is 6.32. The highest BCUT2D eigenvalue weighted by atomic mass is 15.2. The van der Waals surface area contributed by atoms with Crippen LogP contribution >= 0.6 is 0 Å². The summed E-state index contributed by atoms with van der Waals surface area (Å²) in [6, 6.07) is 12.2. The Labute approximate surface area is 118 Å². The number of anilines is 1. The number of aromatic nitrogens is 3. The van der Waals surface area contributed by atoms with Gasteiger partial charge >= 0.3 is 0 Å². The Morgan fingerprint density at radius 3 is 2.55 bits per heavy atom. The van der Waals surface area contributed by atoms with Gasteiger partial charge in [-0.3, -0.25) is 4.57 Å². The van der Waals surface area contributed by atoms with Crippen LogP contribution in [-0.2, 0) is 0 Å². The van der Waals surface area contributed by atoms with Crippen molar-refractivity contribution in [3.05, 3.63) is 47.7 Å². The number of hydrogen-bond donors (Lipinski definition) is 1. The number of pyridine rings is 1. The number of hydrogen-bond acceptors (Lipinski definition) is 3. The molecule has 0 aliphatic rings. The van der Waals surface area contributed by atoms with Crippen molar-refractivity contribution in [2.75, 3.05) is 5.73 Å². The van der Waals surface area contributed by atoms with E-state index < -0.39 is 0 Å². The van der Waals surface area contributed by atoms with Crippen molar-refractivity contribution in [1.82, 2.24) is 14.5 Å². The number of benzene rings is 1. The highest BCUT2D eigenvalue weighted by molar-refractivity contribution is 5.77. The highest BCUT2D eigenvalue weighted by Crippen LogP contribution is 2.28. The number of aryl methyl sites for hydroxylation is 1. The van der Waals surface area contributed by atoms with Crippen LogP contribution in [0.3, 0.4) is 0 Å². The van der Waals surface area contributed by atoms with Crippen molar-refractivity contribution in [3.8, 4) is 5.69 Å². The first kappa shape index (κ1) is 12.7. The minimum absolute atomic E-state index is 0.410. The van der Waals surface area contributed by atoms with E-state index in [0.29, 0.717) is 11.9 Å². The average Bonchev–Trinajstić information content (AvgIpc) is 2.74. The van der Waals surface area contributed by atoms with Crippen molar-refractivity contribution in [2.24, 2.45) is 0 Å². The second kappa shape index (κ2) is 4.63. The van der Waals surface area contributed by atoms with E-state index in [2.05, 4.69) is 35.9 Å². The van der Waals surface area contributed by atoms with E-state index in [1.54, 1.807) is 0 Å². The van der Waals surface area contributed by atoms with Gasteiger partial charge in [-0.25, -0.2) is 9.97 Å². The lowest BCUT2D eigenvalue weighted by Crippen LogP contribution is -2.05.